The maximum Gasteiger partial charge on any atom is 0.269 e. The van der Waals surface area contributed by atoms with Gasteiger partial charge in [0.25, 0.3) is 11.4 Å². The first kappa shape index (κ1) is 22.5. The van der Waals surface area contributed by atoms with Crippen molar-refractivity contribution < 1.29 is 13.5 Å². The van der Waals surface area contributed by atoms with Gasteiger partial charge in [-0.2, -0.15) is 0 Å². The van der Waals surface area contributed by atoms with E-state index in [0.29, 0.717) is 22.6 Å². The van der Waals surface area contributed by atoms with E-state index >= 15 is 0 Å². The summed E-state index contributed by atoms with van der Waals surface area (Å²) in [5.41, 5.74) is 2.93. The van der Waals surface area contributed by atoms with Crippen molar-refractivity contribution in [3.63, 3.8) is 0 Å². The molecule has 0 amide bonds. The molecule has 0 aliphatic heterocycles. The Balaban J connectivity index is 1.43. The average Bonchev–Trinajstić information content (AvgIpc) is 3.53. The fraction of sp³-hybridized carbons (Fsp3) is 0.100. The van der Waals surface area contributed by atoms with Crippen LogP contribution in [0.15, 0.2) is 73.8 Å². The lowest BCUT2D eigenvalue weighted by Gasteiger charge is -2.11. The number of non-ortho nitro benzene ring substituents is 2. The number of nitro benzene ring substituents is 2. The molecule has 4 rings (SSSR count). The molecule has 0 saturated heterocycles. The molecule has 0 aliphatic carbocycles. The Morgan fingerprint density at radius 3 is 1.61 bits per heavy atom. The Morgan fingerprint density at radius 2 is 1.24 bits per heavy atom. The first-order valence-electron chi connectivity index (χ1n) is 9.45. The van der Waals surface area contributed by atoms with Gasteiger partial charge in [-0.15, -0.1) is 0 Å². The Morgan fingerprint density at radius 1 is 0.788 bits per heavy atom. The normalized spacial score (nSPS) is 10.9. The number of hydrogen-bond donors (Lipinski definition) is 0. The molecule has 2 aromatic heterocycles. The highest BCUT2D eigenvalue weighted by Crippen LogP contribution is 2.30. The average molecular weight is 485 g/mol. The molecule has 0 unspecified atom stereocenters. The molecule has 0 radical (unpaired) electrons. The maximum atomic E-state index is 11.2. The lowest BCUT2D eigenvalue weighted by Crippen LogP contribution is -1.99. The van der Waals surface area contributed by atoms with Crippen LogP contribution in [0.1, 0.15) is 11.1 Å². The summed E-state index contributed by atoms with van der Waals surface area (Å²) in [5, 5.41) is 22.4. The van der Waals surface area contributed by atoms with E-state index in [4.69, 9.17) is 3.63 Å². The Labute approximate surface area is 196 Å². The zero-order valence-electron chi connectivity index (χ0n) is 16.9. The molecule has 0 N–H and O–H groups in total. The van der Waals surface area contributed by atoms with Crippen LogP contribution >= 0.6 is 24.1 Å². The van der Waals surface area contributed by atoms with Gasteiger partial charge in [0.2, 0.25) is 0 Å². The fourth-order valence-corrected chi connectivity index (χ4v) is 4.49. The van der Waals surface area contributed by atoms with Gasteiger partial charge in [0.1, 0.15) is 0 Å². The molecule has 0 fully saturated rings. The largest absolute Gasteiger partial charge is 0.306 e. The third kappa shape index (κ3) is 5.39. The molecule has 2 aromatic carbocycles. The molecule has 168 valence electrons. The number of imidazole rings is 2. The highest BCUT2D eigenvalue weighted by molar-refractivity contribution is 8.07. The Hall–Kier alpha value is -3.68. The molecule has 0 spiro atoms. The van der Waals surface area contributed by atoms with E-state index in [0.717, 1.165) is 35.5 Å². The third-order valence-electron chi connectivity index (χ3n) is 4.64. The van der Waals surface area contributed by atoms with Gasteiger partial charge in [-0.1, -0.05) is 0 Å². The van der Waals surface area contributed by atoms with Crippen LogP contribution in [0, 0.1) is 20.2 Å². The van der Waals surface area contributed by atoms with Crippen LogP contribution in [-0.4, -0.2) is 28.9 Å². The quantitative estimate of drug-likeness (QED) is 0.134. The standard InChI is InChI=1S/C20H16N6O5S2/c27-25(28)17-1-3-19(23-7-5-21-13-23)15(9-17)11-32-31-33-12-16-10-18(26(29)30)2-4-20(16)24-8-6-22-14-24/h1-10,13-14H,11-12H2. The summed E-state index contributed by atoms with van der Waals surface area (Å²) in [7, 11) is 0. The highest BCUT2D eigenvalue weighted by Gasteiger charge is 2.14. The SMILES string of the molecule is O=[N+]([O-])c1ccc(-n2ccnc2)c(CSOSCc2cc([N+](=O)[O-])ccc2-n2ccnc2)c1. The Kier molecular flexibility index (Phi) is 7.02. The summed E-state index contributed by atoms with van der Waals surface area (Å²) in [6.45, 7) is 0. The molecule has 0 bridgehead atoms. The van der Waals surface area contributed by atoms with Crippen LogP contribution in [0.2, 0.25) is 0 Å². The van der Waals surface area contributed by atoms with Crippen LogP contribution in [0.5, 0.6) is 0 Å². The molecule has 11 nitrogen and oxygen atoms in total. The van der Waals surface area contributed by atoms with E-state index < -0.39 is 9.85 Å². The van der Waals surface area contributed by atoms with Gasteiger partial charge in [0.15, 0.2) is 0 Å². The number of aromatic nitrogens is 4. The highest BCUT2D eigenvalue weighted by atomic mass is 32.2. The molecule has 0 saturated carbocycles. The third-order valence-corrected chi connectivity index (χ3v) is 6.27. The number of benzene rings is 2. The fourth-order valence-electron chi connectivity index (χ4n) is 3.12. The summed E-state index contributed by atoms with van der Waals surface area (Å²) >= 11 is 2.25. The van der Waals surface area contributed by atoms with E-state index in [9.17, 15) is 20.2 Å². The second kappa shape index (κ2) is 10.3. The minimum Gasteiger partial charge on any atom is -0.306 e. The predicted octanol–water partition coefficient (Wildman–Crippen LogP) is 4.89. The van der Waals surface area contributed by atoms with Gasteiger partial charge in [0, 0.05) is 84.6 Å². The van der Waals surface area contributed by atoms with Crippen LogP contribution < -0.4 is 0 Å². The molecule has 0 atom stereocenters. The molecular formula is C20H16N6O5S2. The molecule has 13 heteroatoms. The smallest absolute Gasteiger partial charge is 0.269 e. The zero-order chi connectivity index (χ0) is 23.2. The second-order valence-electron chi connectivity index (χ2n) is 6.67. The van der Waals surface area contributed by atoms with Crippen molar-refractivity contribution in [3.8, 4) is 11.4 Å². The summed E-state index contributed by atoms with van der Waals surface area (Å²) in [4.78, 5) is 29.5. The van der Waals surface area contributed by atoms with E-state index in [2.05, 4.69) is 9.97 Å². The van der Waals surface area contributed by atoms with Crippen molar-refractivity contribution in [2.75, 3.05) is 0 Å². The first-order valence-corrected chi connectivity index (χ1v) is 11.3. The van der Waals surface area contributed by atoms with Crippen LogP contribution in [0.25, 0.3) is 11.4 Å². The number of rotatable bonds is 10. The van der Waals surface area contributed by atoms with Crippen molar-refractivity contribution in [2.24, 2.45) is 0 Å². The van der Waals surface area contributed by atoms with Crippen LogP contribution in [-0.2, 0) is 15.1 Å². The predicted molar refractivity (Wildman–Crippen MR) is 124 cm³/mol. The topological polar surface area (TPSA) is 131 Å². The second-order valence-corrected chi connectivity index (χ2v) is 8.27. The number of nitro groups is 2. The van der Waals surface area contributed by atoms with Crippen molar-refractivity contribution in [2.45, 2.75) is 11.5 Å². The van der Waals surface area contributed by atoms with Crippen LogP contribution in [0.3, 0.4) is 0 Å². The van der Waals surface area contributed by atoms with Gasteiger partial charge in [-0.05, 0) is 23.3 Å². The summed E-state index contributed by atoms with van der Waals surface area (Å²) < 4.78 is 9.17. The summed E-state index contributed by atoms with van der Waals surface area (Å²) in [5.74, 6) is 0.705. The summed E-state index contributed by atoms with van der Waals surface area (Å²) in [6, 6.07) is 9.24. The van der Waals surface area contributed by atoms with Gasteiger partial charge in [-0.25, -0.2) is 13.6 Å². The van der Waals surface area contributed by atoms with E-state index in [1.807, 2.05) is 0 Å². The minimum absolute atomic E-state index is 0.0105. The van der Waals surface area contributed by atoms with E-state index in [1.165, 1.54) is 24.3 Å². The molecule has 33 heavy (non-hydrogen) atoms. The van der Waals surface area contributed by atoms with E-state index in [-0.39, 0.29) is 11.4 Å². The first-order chi connectivity index (χ1) is 16.0. The van der Waals surface area contributed by atoms with Crippen molar-refractivity contribution in [3.05, 3.63) is 105 Å². The Bertz CT molecular complexity index is 1170. The zero-order valence-corrected chi connectivity index (χ0v) is 18.5. The van der Waals surface area contributed by atoms with E-state index in [1.54, 1.807) is 58.7 Å². The molecular weight excluding hydrogens is 468 g/mol. The minimum atomic E-state index is -0.443. The van der Waals surface area contributed by atoms with Crippen molar-refractivity contribution >= 4 is 35.5 Å². The van der Waals surface area contributed by atoms with Gasteiger partial charge < -0.3 is 9.13 Å². The van der Waals surface area contributed by atoms with Crippen LogP contribution in [0.4, 0.5) is 11.4 Å². The monoisotopic (exact) mass is 484 g/mol. The number of nitrogens with zero attached hydrogens (tertiary/aromatic N) is 6. The lowest BCUT2D eigenvalue weighted by molar-refractivity contribution is -0.385. The lowest BCUT2D eigenvalue weighted by atomic mass is 10.2. The van der Waals surface area contributed by atoms with Gasteiger partial charge in [0.05, 0.1) is 33.9 Å². The molecule has 2 heterocycles. The molecule has 0 aliphatic rings. The molecule has 4 aromatic rings. The van der Waals surface area contributed by atoms with Crippen molar-refractivity contribution in [1.82, 2.24) is 19.1 Å². The van der Waals surface area contributed by atoms with Gasteiger partial charge in [-0.3, -0.25) is 20.2 Å². The van der Waals surface area contributed by atoms with Gasteiger partial charge >= 0.3 is 0 Å². The maximum absolute atomic E-state index is 11.2. The number of hydrogen-bond acceptors (Lipinski definition) is 9. The summed E-state index contributed by atoms with van der Waals surface area (Å²) in [6.07, 6.45) is 9.99. The van der Waals surface area contributed by atoms with Crippen molar-refractivity contribution in [1.29, 1.82) is 0 Å².